The Balaban J connectivity index is 1.81. The summed E-state index contributed by atoms with van der Waals surface area (Å²) in [6.07, 6.45) is 8.23. The Hall–Kier alpha value is -2.34. The highest BCUT2D eigenvalue weighted by molar-refractivity contribution is 5.94. The van der Waals surface area contributed by atoms with Gasteiger partial charge in [0.2, 0.25) is 0 Å². The Morgan fingerprint density at radius 1 is 1.38 bits per heavy atom. The molecule has 1 aliphatic carbocycles. The van der Waals surface area contributed by atoms with Gasteiger partial charge in [-0.1, -0.05) is 0 Å². The first-order valence-electron chi connectivity index (χ1n) is 8.94. The fourth-order valence-electron chi connectivity index (χ4n) is 3.27. The van der Waals surface area contributed by atoms with Crippen LogP contribution in [0.1, 0.15) is 55.6 Å². The molecular formula is C20H27N3O3. The van der Waals surface area contributed by atoms with Crippen LogP contribution in [0.25, 0.3) is 0 Å². The van der Waals surface area contributed by atoms with Crippen LogP contribution in [0.15, 0.2) is 36.9 Å². The molecule has 0 aliphatic heterocycles. The molecule has 140 valence electrons. The quantitative estimate of drug-likeness (QED) is 0.863. The van der Waals surface area contributed by atoms with Crippen molar-refractivity contribution in [2.75, 3.05) is 7.11 Å². The standard InChI is InChI=1S/C20H27N3O3/c1-20(2,3)23-6-5-13(12-23)19(25)22-18(14-7-16(24)8-14)15-9-17(26-4)11-21-10-15/h5-6,9-12,14,16,18,24H,7-8H2,1-4H3,(H,22,25). The van der Waals surface area contributed by atoms with Crippen LogP contribution >= 0.6 is 0 Å². The lowest BCUT2D eigenvalue weighted by atomic mass is 9.75. The highest BCUT2D eigenvalue weighted by Crippen LogP contribution is 2.38. The Labute approximate surface area is 154 Å². The molecular weight excluding hydrogens is 330 g/mol. The minimum atomic E-state index is -0.292. The molecule has 6 nitrogen and oxygen atoms in total. The molecule has 1 aliphatic rings. The van der Waals surface area contributed by atoms with Gasteiger partial charge in [0.05, 0.1) is 31.0 Å². The van der Waals surface area contributed by atoms with E-state index in [9.17, 15) is 9.90 Å². The molecule has 0 aromatic carbocycles. The second-order valence-corrected chi connectivity index (χ2v) is 7.97. The monoisotopic (exact) mass is 357 g/mol. The Bertz CT molecular complexity index is 773. The van der Waals surface area contributed by atoms with Gasteiger partial charge in [0, 0.05) is 24.1 Å². The summed E-state index contributed by atoms with van der Waals surface area (Å²) in [5.74, 6) is 0.718. The molecule has 3 rings (SSSR count). The van der Waals surface area contributed by atoms with Crippen LogP contribution in [0.2, 0.25) is 0 Å². The number of hydrogen-bond acceptors (Lipinski definition) is 4. The number of amides is 1. The Kier molecular flexibility index (Phi) is 5.05. The predicted molar refractivity (Wildman–Crippen MR) is 99.2 cm³/mol. The summed E-state index contributed by atoms with van der Waals surface area (Å²) in [4.78, 5) is 17.0. The first-order chi connectivity index (χ1) is 12.3. The number of rotatable bonds is 5. The van der Waals surface area contributed by atoms with Crippen molar-refractivity contribution in [1.82, 2.24) is 14.9 Å². The van der Waals surface area contributed by atoms with Crippen molar-refractivity contribution in [3.05, 3.63) is 48.0 Å². The second kappa shape index (κ2) is 7.11. The average molecular weight is 357 g/mol. The van der Waals surface area contributed by atoms with Crippen LogP contribution in [-0.2, 0) is 5.54 Å². The number of aliphatic hydroxyl groups is 1. The van der Waals surface area contributed by atoms with E-state index >= 15 is 0 Å². The normalized spacial score (nSPS) is 21.0. The van der Waals surface area contributed by atoms with E-state index in [1.165, 1.54) is 0 Å². The van der Waals surface area contributed by atoms with Crippen molar-refractivity contribution in [2.45, 2.75) is 51.3 Å². The van der Waals surface area contributed by atoms with E-state index in [-0.39, 0.29) is 29.5 Å². The van der Waals surface area contributed by atoms with Crippen LogP contribution in [0.3, 0.4) is 0 Å². The van der Waals surface area contributed by atoms with Gasteiger partial charge in [-0.2, -0.15) is 0 Å². The molecule has 1 fully saturated rings. The SMILES string of the molecule is COc1cncc(C(NC(=O)c2ccn(C(C)(C)C)c2)C2CC(O)C2)c1. The van der Waals surface area contributed by atoms with Gasteiger partial charge in [-0.25, -0.2) is 0 Å². The lowest BCUT2D eigenvalue weighted by molar-refractivity contribution is 0.0234. The van der Waals surface area contributed by atoms with Gasteiger partial charge in [-0.05, 0) is 57.2 Å². The number of nitrogens with one attached hydrogen (secondary N) is 1. The largest absolute Gasteiger partial charge is 0.495 e. The number of ether oxygens (including phenoxy) is 1. The summed E-state index contributed by atoms with van der Waals surface area (Å²) >= 11 is 0. The highest BCUT2D eigenvalue weighted by atomic mass is 16.5. The smallest absolute Gasteiger partial charge is 0.253 e. The lowest BCUT2D eigenvalue weighted by Gasteiger charge is -2.38. The number of aromatic nitrogens is 2. The molecule has 0 spiro atoms. The zero-order valence-electron chi connectivity index (χ0n) is 15.8. The zero-order chi connectivity index (χ0) is 18.9. The second-order valence-electron chi connectivity index (χ2n) is 7.97. The number of hydrogen-bond donors (Lipinski definition) is 2. The zero-order valence-corrected chi connectivity index (χ0v) is 15.8. The molecule has 0 bridgehead atoms. The lowest BCUT2D eigenvalue weighted by Crippen LogP contribution is -2.41. The number of carbonyl (C=O) groups is 1. The molecule has 1 saturated carbocycles. The van der Waals surface area contributed by atoms with E-state index in [1.807, 2.05) is 29.1 Å². The van der Waals surface area contributed by atoms with E-state index < -0.39 is 0 Å². The van der Waals surface area contributed by atoms with Crippen molar-refractivity contribution >= 4 is 5.91 Å². The summed E-state index contributed by atoms with van der Waals surface area (Å²) in [7, 11) is 1.59. The Morgan fingerprint density at radius 2 is 2.12 bits per heavy atom. The summed E-state index contributed by atoms with van der Waals surface area (Å²) in [6, 6.07) is 3.52. The molecule has 0 radical (unpaired) electrons. The molecule has 0 saturated heterocycles. The number of nitrogens with zero attached hydrogens (tertiary/aromatic N) is 2. The van der Waals surface area contributed by atoms with Gasteiger partial charge in [-0.15, -0.1) is 0 Å². The fourth-order valence-corrected chi connectivity index (χ4v) is 3.27. The van der Waals surface area contributed by atoms with Crippen molar-refractivity contribution in [2.24, 2.45) is 5.92 Å². The van der Waals surface area contributed by atoms with Crippen molar-refractivity contribution in [1.29, 1.82) is 0 Å². The van der Waals surface area contributed by atoms with Crippen LogP contribution in [0.4, 0.5) is 0 Å². The maximum Gasteiger partial charge on any atom is 0.253 e. The Morgan fingerprint density at radius 3 is 2.69 bits per heavy atom. The third kappa shape index (κ3) is 3.90. The number of aliphatic hydroxyl groups excluding tert-OH is 1. The molecule has 2 aromatic heterocycles. The van der Waals surface area contributed by atoms with E-state index in [4.69, 9.17) is 4.74 Å². The van der Waals surface area contributed by atoms with Crippen LogP contribution < -0.4 is 10.1 Å². The van der Waals surface area contributed by atoms with Crippen LogP contribution in [0.5, 0.6) is 5.75 Å². The summed E-state index contributed by atoms with van der Waals surface area (Å²) < 4.78 is 7.28. The van der Waals surface area contributed by atoms with E-state index in [0.717, 1.165) is 5.56 Å². The molecule has 2 heterocycles. The maximum absolute atomic E-state index is 12.8. The van der Waals surface area contributed by atoms with Gasteiger partial charge in [0.25, 0.3) is 5.91 Å². The highest BCUT2D eigenvalue weighted by Gasteiger charge is 2.36. The summed E-state index contributed by atoms with van der Waals surface area (Å²) in [6.45, 7) is 6.28. The minimum absolute atomic E-state index is 0.0767. The fraction of sp³-hybridized carbons (Fsp3) is 0.500. The van der Waals surface area contributed by atoms with Gasteiger partial charge >= 0.3 is 0 Å². The third-order valence-electron chi connectivity index (χ3n) is 4.97. The minimum Gasteiger partial charge on any atom is -0.495 e. The van der Waals surface area contributed by atoms with Crippen LogP contribution in [-0.4, -0.2) is 33.8 Å². The molecule has 1 unspecified atom stereocenters. The van der Waals surface area contributed by atoms with Gasteiger partial charge in [0.1, 0.15) is 5.75 Å². The predicted octanol–water partition coefficient (Wildman–Crippen LogP) is 2.89. The maximum atomic E-state index is 12.8. The van der Waals surface area contributed by atoms with Crippen molar-refractivity contribution in [3.63, 3.8) is 0 Å². The molecule has 6 heteroatoms. The van der Waals surface area contributed by atoms with Crippen molar-refractivity contribution in [3.8, 4) is 5.75 Å². The van der Waals surface area contributed by atoms with Gasteiger partial charge in [-0.3, -0.25) is 9.78 Å². The molecule has 2 aromatic rings. The molecule has 26 heavy (non-hydrogen) atoms. The number of carbonyl (C=O) groups excluding carboxylic acids is 1. The molecule has 2 N–H and O–H groups in total. The topological polar surface area (TPSA) is 76.4 Å². The third-order valence-corrected chi connectivity index (χ3v) is 4.97. The van der Waals surface area contributed by atoms with Gasteiger partial charge < -0.3 is 19.7 Å². The average Bonchev–Trinajstić information content (AvgIpc) is 3.07. The number of methoxy groups -OCH3 is 1. The first kappa shape index (κ1) is 18.5. The van der Waals surface area contributed by atoms with E-state index in [2.05, 4.69) is 31.1 Å². The van der Waals surface area contributed by atoms with E-state index in [0.29, 0.717) is 24.2 Å². The van der Waals surface area contributed by atoms with E-state index in [1.54, 1.807) is 19.5 Å². The summed E-state index contributed by atoms with van der Waals surface area (Å²) in [5, 5.41) is 12.8. The molecule has 1 amide bonds. The molecule has 1 atom stereocenters. The van der Waals surface area contributed by atoms with Crippen molar-refractivity contribution < 1.29 is 14.6 Å². The van der Waals surface area contributed by atoms with Crippen LogP contribution in [0, 0.1) is 5.92 Å². The first-order valence-corrected chi connectivity index (χ1v) is 8.94. The number of pyridine rings is 1. The van der Waals surface area contributed by atoms with Gasteiger partial charge in [0.15, 0.2) is 0 Å². The summed E-state index contributed by atoms with van der Waals surface area (Å²) in [5.41, 5.74) is 1.44.